The van der Waals surface area contributed by atoms with Crippen molar-refractivity contribution < 1.29 is 9.59 Å². The maximum atomic E-state index is 11.8. The summed E-state index contributed by atoms with van der Waals surface area (Å²) in [5.74, 6) is -0.254. The molecule has 1 N–H and O–H groups in total. The summed E-state index contributed by atoms with van der Waals surface area (Å²) in [5.41, 5.74) is 1.14. The van der Waals surface area contributed by atoms with Crippen LogP contribution in [0.1, 0.15) is 39.1 Å². The Morgan fingerprint density at radius 1 is 1.32 bits per heavy atom. The molecule has 1 fully saturated rings. The van der Waals surface area contributed by atoms with Crippen LogP contribution in [-0.4, -0.2) is 32.2 Å². The molecule has 104 valence electrons. The standard InChI is InChI=1S/C13H20N4O2/c1-5-9-7-10(17(6-2)15-9)8-16-12(19)14-11(18)13(16,3)4/h7H,5-6,8H2,1-4H3,(H,14,18,19). The van der Waals surface area contributed by atoms with E-state index < -0.39 is 5.54 Å². The maximum absolute atomic E-state index is 11.8. The van der Waals surface area contributed by atoms with Gasteiger partial charge in [-0.2, -0.15) is 5.10 Å². The maximum Gasteiger partial charge on any atom is 0.325 e. The van der Waals surface area contributed by atoms with Gasteiger partial charge in [0, 0.05) is 6.54 Å². The Kier molecular flexibility index (Phi) is 3.34. The summed E-state index contributed by atoms with van der Waals surface area (Å²) in [5, 5.41) is 6.81. The first-order valence-electron chi connectivity index (χ1n) is 6.58. The van der Waals surface area contributed by atoms with Gasteiger partial charge in [-0.05, 0) is 33.3 Å². The summed E-state index contributed by atoms with van der Waals surface area (Å²) < 4.78 is 1.88. The Hall–Kier alpha value is -1.85. The van der Waals surface area contributed by atoms with E-state index >= 15 is 0 Å². The van der Waals surface area contributed by atoms with Crippen molar-refractivity contribution in [1.82, 2.24) is 20.0 Å². The molecule has 2 heterocycles. The zero-order valence-corrected chi connectivity index (χ0v) is 11.9. The monoisotopic (exact) mass is 264 g/mol. The molecule has 1 aliphatic heterocycles. The lowest BCUT2D eigenvalue weighted by molar-refractivity contribution is -0.125. The number of imide groups is 1. The Morgan fingerprint density at radius 3 is 2.47 bits per heavy atom. The van der Waals surface area contributed by atoms with E-state index in [2.05, 4.69) is 10.4 Å². The molecule has 1 aromatic heterocycles. The first-order valence-corrected chi connectivity index (χ1v) is 6.58. The molecule has 1 aliphatic rings. The third-order valence-electron chi connectivity index (χ3n) is 3.59. The van der Waals surface area contributed by atoms with Gasteiger partial charge in [-0.15, -0.1) is 0 Å². The van der Waals surface area contributed by atoms with Gasteiger partial charge in [0.15, 0.2) is 0 Å². The molecule has 0 unspecified atom stereocenters. The minimum atomic E-state index is -0.813. The average molecular weight is 264 g/mol. The molecule has 19 heavy (non-hydrogen) atoms. The van der Waals surface area contributed by atoms with Crippen molar-refractivity contribution >= 4 is 11.9 Å². The second kappa shape index (κ2) is 4.68. The normalized spacial score (nSPS) is 18.0. The highest BCUT2D eigenvalue weighted by molar-refractivity contribution is 6.06. The molecule has 0 atom stereocenters. The van der Waals surface area contributed by atoms with Crippen molar-refractivity contribution in [3.63, 3.8) is 0 Å². The van der Waals surface area contributed by atoms with Crippen LogP contribution in [0, 0.1) is 0 Å². The Labute approximate surface area is 112 Å². The number of nitrogens with zero attached hydrogens (tertiary/aromatic N) is 3. The summed E-state index contributed by atoms with van der Waals surface area (Å²) in [6.07, 6.45) is 0.856. The van der Waals surface area contributed by atoms with Crippen molar-refractivity contribution in [3.05, 3.63) is 17.5 Å². The van der Waals surface area contributed by atoms with Crippen LogP contribution in [0.4, 0.5) is 4.79 Å². The van der Waals surface area contributed by atoms with Crippen LogP contribution in [0.5, 0.6) is 0 Å². The third-order valence-corrected chi connectivity index (χ3v) is 3.59. The number of rotatable bonds is 4. The highest BCUT2D eigenvalue weighted by atomic mass is 16.2. The van der Waals surface area contributed by atoms with E-state index in [4.69, 9.17) is 0 Å². The predicted molar refractivity (Wildman–Crippen MR) is 70.4 cm³/mol. The number of urea groups is 1. The van der Waals surface area contributed by atoms with Gasteiger partial charge in [0.2, 0.25) is 0 Å². The fraction of sp³-hybridized carbons (Fsp3) is 0.615. The van der Waals surface area contributed by atoms with Gasteiger partial charge in [0.1, 0.15) is 5.54 Å². The van der Waals surface area contributed by atoms with Crippen molar-refractivity contribution in [1.29, 1.82) is 0 Å². The Morgan fingerprint density at radius 2 is 2.00 bits per heavy atom. The van der Waals surface area contributed by atoms with Gasteiger partial charge >= 0.3 is 6.03 Å². The van der Waals surface area contributed by atoms with Gasteiger partial charge in [0.25, 0.3) is 5.91 Å². The number of hydrogen-bond acceptors (Lipinski definition) is 3. The molecule has 6 heteroatoms. The second-order valence-electron chi connectivity index (χ2n) is 5.20. The molecule has 0 aromatic carbocycles. The van der Waals surface area contributed by atoms with Crippen LogP contribution in [0.2, 0.25) is 0 Å². The summed E-state index contributed by atoms with van der Waals surface area (Å²) >= 11 is 0. The molecule has 1 saturated heterocycles. The minimum absolute atomic E-state index is 0.254. The molecule has 2 rings (SSSR count). The topological polar surface area (TPSA) is 67.2 Å². The Bertz CT molecular complexity index is 519. The molecule has 3 amide bonds. The van der Waals surface area contributed by atoms with Gasteiger partial charge in [0.05, 0.1) is 17.9 Å². The molecule has 0 saturated carbocycles. The van der Waals surface area contributed by atoms with Gasteiger partial charge in [-0.25, -0.2) is 4.79 Å². The highest BCUT2D eigenvalue weighted by Gasteiger charge is 2.45. The van der Waals surface area contributed by atoms with Crippen molar-refractivity contribution in [2.45, 2.75) is 52.7 Å². The molecule has 0 bridgehead atoms. The van der Waals surface area contributed by atoms with Crippen LogP contribution >= 0.6 is 0 Å². The minimum Gasteiger partial charge on any atom is -0.304 e. The lowest BCUT2D eigenvalue weighted by Crippen LogP contribution is -2.44. The number of aryl methyl sites for hydroxylation is 2. The largest absolute Gasteiger partial charge is 0.325 e. The van der Waals surface area contributed by atoms with Crippen molar-refractivity contribution in [2.24, 2.45) is 0 Å². The fourth-order valence-corrected chi connectivity index (χ4v) is 2.21. The van der Waals surface area contributed by atoms with Gasteiger partial charge < -0.3 is 4.90 Å². The number of nitrogens with one attached hydrogen (secondary N) is 1. The predicted octanol–water partition coefficient (Wildman–Crippen LogP) is 1.30. The first-order chi connectivity index (χ1) is 8.90. The smallest absolute Gasteiger partial charge is 0.304 e. The highest BCUT2D eigenvalue weighted by Crippen LogP contribution is 2.23. The SMILES string of the molecule is CCc1cc(CN2C(=O)NC(=O)C2(C)C)n(CC)n1. The van der Waals surface area contributed by atoms with E-state index in [0.29, 0.717) is 6.54 Å². The quantitative estimate of drug-likeness (QED) is 0.833. The Balaban J connectivity index is 2.28. The van der Waals surface area contributed by atoms with Gasteiger partial charge in [-0.1, -0.05) is 6.92 Å². The number of aromatic nitrogens is 2. The van der Waals surface area contributed by atoms with Gasteiger partial charge in [-0.3, -0.25) is 14.8 Å². The van der Waals surface area contributed by atoms with Crippen molar-refractivity contribution in [3.8, 4) is 0 Å². The van der Waals surface area contributed by atoms with E-state index in [1.54, 1.807) is 18.7 Å². The first kappa shape index (κ1) is 13.6. The molecule has 0 radical (unpaired) electrons. The average Bonchev–Trinajstić information content (AvgIpc) is 2.84. The molecule has 0 aliphatic carbocycles. The van der Waals surface area contributed by atoms with Crippen LogP contribution < -0.4 is 5.32 Å². The summed E-state index contributed by atoms with van der Waals surface area (Å²) in [6.45, 7) is 8.70. The summed E-state index contributed by atoms with van der Waals surface area (Å²) in [4.78, 5) is 25.1. The number of carbonyl (C=O) groups excluding carboxylic acids is 2. The molecule has 1 aromatic rings. The number of carbonyl (C=O) groups is 2. The van der Waals surface area contributed by atoms with E-state index in [0.717, 1.165) is 24.4 Å². The number of amides is 3. The third kappa shape index (κ3) is 2.22. The van der Waals surface area contributed by atoms with E-state index in [1.807, 2.05) is 24.6 Å². The summed E-state index contributed by atoms with van der Waals surface area (Å²) in [6, 6.07) is 1.66. The lowest BCUT2D eigenvalue weighted by atomic mass is 10.0. The second-order valence-corrected chi connectivity index (χ2v) is 5.20. The van der Waals surface area contributed by atoms with E-state index in [1.165, 1.54) is 0 Å². The van der Waals surface area contributed by atoms with Crippen LogP contribution in [0.25, 0.3) is 0 Å². The molecule has 6 nitrogen and oxygen atoms in total. The van der Waals surface area contributed by atoms with Crippen LogP contribution in [-0.2, 0) is 24.3 Å². The van der Waals surface area contributed by atoms with Crippen LogP contribution in [0.15, 0.2) is 6.07 Å². The molecular weight excluding hydrogens is 244 g/mol. The summed E-state index contributed by atoms with van der Waals surface area (Å²) in [7, 11) is 0. The zero-order valence-electron chi connectivity index (χ0n) is 11.9. The number of hydrogen-bond donors (Lipinski definition) is 1. The van der Waals surface area contributed by atoms with E-state index in [-0.39, 0.29) is 11.9 Å². The lowest BCUT2D eigenvalue weighted by Gasteiger charge is -2.27. The van der Waals surface area contributed by atoms with E-state index in [9.17, 15) is 9.59 Å². The fourth-order valence-electron chi connectivity index (χ4n) is 2.21. The van der Waals surface area contributed by atoms with Crippen LogP contribution in [0.3, 0.4) is 0 Å². The molecule has 0 spiro atoms. The zero-order chi connectivity index (χ0) is 14.2. The molecular formula is C13H20N4O2. The van der Waals surface area contributed by atoms with Crippen molar-refractivity contribution in [2.75, 3.05) is 0 Å².